The lowest BCUT2D eigenvalue weighted by atomic mass is 10.1. The van der Waals surface area contributed by atoms with Gasteiger partial charge in [0.2, 0.25) is 0 Å². The molecule has 0 spiro atoms. The van der Waals surface area contributed by atoms with Crippen molar-refractivity contribution in [1.29, 1.82) is 0 Å². The van der Waals surface area contributed by atoms with Gasteiger partial charge in [-0.3, -0.25) is 20.6 Å². The van der Waals surface area contributed by atoms with Crippen LogP contribution in [0.4, 0.5) is 11.4 Å². The fraction of sp³-hybridized carbons (Fsp3) is 0.158. The fourth-order valence-electron chi connectivity index (χ4n) is 2.72. The first-order valence-corrected chi connectivity index (χ1v) is 8.76. The first kappa shape index (κ1) is 18.0. The molecule has 7 heteroatoms. The summed E-state index contributed by atoms with van der Waals surface area (Å²) in [4.78, 5) is 17.0. The molecule has 134 valence electrons. The van der Waals surface area contributed by atoms with Crippen LogP contribution in [0.2, 0.25) is 0 Å². The SMILES string of the molecule is COc1ccc(C(=O)NNc2cc(C)nc3c(C)cc(Br)c(N)c23)cc1. The molecule has 3 rings (SSSR count). The molecule has 0 atom stereocenters. The van der Waals surface area contributed by atoms with E-state index in [1.807, 2.05) is 26.0 Å². The number of pyridine rings is 1. The second-order valence-electron chi connectivity index (χ2n) is 5.93. The minimum absolute atomic E-state index is 0.263. The van der Waals surface area contributed by atoms with E-state index in [2.05, 4.69) is 31.8 Å². The van der Waals surface area contributed by atoms with E-state index in [1.165, 1.54) is 0 Å². The normalized spacial score (nSPS) is 10.6. The molecule has 3 aromatic rings. The first-order chi connectivity index (χ1) is 12.4. The van der Waals surface area contributed by atoms with Gasteiger partial charge in [0.1, 0.15) is 5.75 Å². The van der Waals surface area contributed by atoms with Gasteiger partial charge in [0.15, 0.2) is 0 Å². The number of nitrogen functional groups attached to an aromatic ring is 1. The van der Waals surface area contributed by atoms with Crippen LogP contribution in [0.5, 0.6) is 5.75 Å². The Balaban J connectivity index is 1.92. The van der Waals surface area contributed by atoms with Gasteiger partial charge < -0.3 is 10.5 Å². The lowest BCUT2D eigenvalue weighted by Crippen LogP contribution is -2.29. The lowest BCUT2D eigenvalue weighted by Gasteiger charge is -2.15. The summed E-state index contributed by atoms with van der Waals surface area (Å²) >= 11 is 3.47. The number of amides is 1. The maximum atomic E-state index is 12.4. The van der Waals surface area contributed by atoms with Crippen LogP contribution in [0, 0.1) is 13.8 Å². The standard InChI is InChI=1S/C19H19BrN4O2/c1-10-8-14(20)17(21)16-15(9-11(2)22-18(10)16)23-24-19(25)12-4-6-13(26-3)7-5-12/h4-9H,21H2,1-3H3,(H,22,23)(H,24,25). The summed E-state index contributed by atoms with van der Waals surface area (Å²) < 4.78 is 5.89. The number of fused-ring (bicyclic) bond motifs is 1. The summed E-state index contributed by atoms with van der Waals surface area (Å²) in [5.74, 6) is 0.430. The fourth-order valence-corrected chi connectivity index (χ4v) is 3.27. The third-order valence-corrected chi connectivity index (χ3v) is 4.71. The number of hydrazine groups is 1. The van der Waals surface area contributed by atoms with Crippen LogP contribution in [-0.2, 0) is 0 Å². The number of aryl methyl sites for hydroxylation is 2. The van der Waals surface area contributed by atoms with Gasteiger partial charge in [-0.05, 0) is 71.7 Å². The van der Waals surface area contributed by atoms with Crippen molar-refractivity contribution in [3.63, 3.8) is 0 Å². The monoisotopic (exact) mass is 414 g/mol. The summed E-state index contributed by atoms with van der Waals surface area (Å²) in [5.41, 5.74) is 16.3. The van der Waals surface area contributed by atoms with Gasteiger partial charge in [-0.15, -0.1) is 0 Å². The predicted octanol–water partition coefficient (Wildman–Crippen LogP) is 3.96. The Labute approximate surface area is 159 Å². The predicted molar refractivity (Wildman–Crippen MR) is 107 cm³/mol. The Hall–Kier alpha value is -2.80. The average molecular weight is 415 g/mol. The molecule has 0 unspecified atom stereocenters. The zero-order valence-electron chi connectivity index (χ0n) is 14.7. The molecule has 0 bridgehead atoms. The van der Waals surface area contributed by atoms with Gasteiger partial charge in [-0.2, -0.15) is 0 Å². The number of halogens is 1. The van der Waals surface area contributed by atoms with Crippen LogP contribution in [-0.4, -0.2) is 18.0 Å². The molecule has 1 heterocycles. The molecule has 0 saturated carbocycles. The summed E-state index contributed by atoms with van der Waals surface area (Å²) in [6.45, 7) is 3.87. The largest absolute Gasteiger partial charge is 0.497 e. The van der Waals surface area contributed by atoms with E-state index in [1.54, 1.807) is 31.4 Å². The summed E-state index contributed by atoms with van der Waals surface area (Å²) in [6.07, 6.45) is 0. The van der Waals surface area contributed by atoms with Crippen LogP contribution in [0.1, 0.15) is 21.6 Å². The highest BCUT2D eigenvalue weighted by molar-refractivity contribution is 9.10. The Morgan fingerprint density at radius 1 is 1.19 bits per heavy atom. The van der Waals surface area contributed by atoms with Gasteiger partial charge in [0, 0.05) is 21.1 Å². The van der Waals surface area contributed by atoms with E-state index in [9.17, 15) is 4.79 Å². The van der Waals surface area contributed by atoms with Gasteiger partial charge in [0.05, 0.1) is 24.0 Å². The number of nitrogens with two attached hydrogens (primary N) is 1. The third kappa shape index (κ3) is 3.43. The number of nitrogens with one attached hydrogen (secondary N) is 2. The highest BCUT2D eigenvalue weighted by atomic mass is 79.9. The van der Waals surface area contributed by atoms with Gasteiger partial charge in [-0.1, -0.05) is 0 Å². The maximum Gasteiger partial charge on any atom is 0.269 e. The maximum absolute atomic E-state index is 12.4. The number of ether oxygens (including phenoxy) is 1. The number of hydrogen-bond acceptors (Lipinski definition) is 5. The topological polar surface area (TPSA) is 89.3 Å². The van der Waals surface area contributed by atoms with Crippen molar-refractivity contribution in [2.24, 2.45) is 0 Å². The zero-order chi connectivity index (χ0) is 18.8. The number of anilines is 2. The van der Waals surface area contributed by atoms with Crippen LogP contribution >= 0.6 is 15.9 Å². The molecule has 4 N–H and O–H groups in total. The number of rotatable bonds is 4. The minimum atomic E-state index is -0.263. The number of carbonyl (C=O) groups excluding carboxylic acids is 1. The molecule has 2 aromatic carbocycles. The third-order valence-electron chi connectivity index (χ3n) is 4.05. The summed E-state index contributed by atoms with van der Waals surface area (Å²) in [7, 11) is 1.58. The van der Waals surface area contributed by atoms with E-state index in [0.29, 0.717) is 22.7 Å². The Morgan fingerprint density at radius 2 is 1.88 bits per heavy atom. The molecule has 0 aliphatic rings. The van der Waals surface area contributed by atoms with E-state index in [4.69, 9.17) is 10.5 Å². The van der Waals surface area contributed by atoms with Crippen molar-refractivity contribution < 1.29 is 9.53 Å². The smallest absolute Gasteiger partial charge is 0.269 e. The van der Waals surface area contributed by atoms with Crippen LogP contribution in [0.25, 0.3) is 10.9 Å². The molecule has 0 saturated heterocycles. The van der Waals surface area contributed by atoms with E-state index < -0.39 is 0 Å². The van der Waals surface area contributed by atoms with Crippen molar-refractivity contribution in [1.82, 2.24) is 10.4 Å². The molecule has 26 heavy (non-hydrogen) atoms. The number of methoxy groups -OCH3 is 1. The second-order valence-corrected chi connectivity index (χ2v) is 6.79. The first-order valence-electron chi connectivity index (χ1n) is 7.97. The number of aromatic nitrogens is 1. The highest BCUT2D eigenvalue weighted by Gasteiger charge is 2.14. The molecule has 0 aliphatic carbocycles. The summed E-state index contributed by atoms with van der Waals surface area (Å²) in [6, 6.07) is 10.6. The zero-order valence-corrected chi connectivity index (χ0v) is 16.3. The van der Waals surface area contributed by atoms with Gasteiger partial charge >= 0.3 is 0 Å². The molecule has 1 amide bonds. The van der Waals surface area contributed by atoms with Crippen LogP contribution < -0.4 is 21.3 Å². The van der Waals surface area contributed by atoms with E-state index >= 15 is 0 Å². The molecule has 6 nitrogen and oxygen atoms in total. The number of carbonyl (C=O) groups is 1. The highest BCUT2D eigenvalue weighted by Crippen LogP contribution is 2.35. The number of benzene rings is 2. The quantitative estimate of drug-likeness (QED) is 0.443. The van der Waals surface area contributed by atoms with Crippen molar-refractivity contribution >= 4 is 44.1 Å². The second kappa shape index (κ2) is 7.21. The average Bonchev–Trinajstić information content (AvgIpc) is 2.64. The van der Waals surface area contributed by atoms with Gasteiger partial charge in [-0.25, -0.2) is 0 Å². The molecule has 1 aromatic heterocycles. The van der Waals surface area contributed by atoms with Crippen LogP contribution in [0.3, 0.4) is 0 Å². The molecule has 0 radical (unpaired) electrons. The van der Waals surface area contributed by atoms with Crippen molar-refractivity contribution in [3.05, 3.63) is 57.7 Å². The molecule has 0 fully saturated rings. The van der Waals surface area contributed by atoms with E-state index in [0.717, 1.165) is 26.6 Å². The molecule has 0 aliphatic heterocycles. The Bertz CT molecular complexity index is 987. The van der Waals surface area contributed by atoms with Gasteiger partial charge in [0.25, 0.3) is 5.91 Å². The molecular formula is C19H19BrN4O2. The molecular weight excluding hydrogens is 396 g/mol. The summed E-state index contributed by atoms with van der Waals surface area (Å²) in [5, 5.41) is 0.762. The lowest BCUT2D eigenvalue weighted by molar-refractivity contribution is 0.0962. The Morgan fingerprint density at radius 3 is 2.54 bits per heavy atom. The number of nitrogens with zero attached hydrogens (tertiary/aromatic N) is 1. The van der Waals surface area contributed by atoms with E-state index in [-0.39, 0.29) is 5.91 Å². The van der Waals surface area contributed by atoms with Crippen molar-refractivity contribution in [3.8, 4) is 5.75 Å². The number of hydrogen-bond donors (Lipinski definition) is 3. The Kier molecular flexibility index (Phi) is 4.99. The van der Waals surface area contributed by atoms with Crippen LogP contribution in [0.15, 0.2) is 40.9 Å². The minimum Gasteiger partial charge on any atom is -0.497 e. The van der Waals surface area contributed by atoms with Crippen molar-refractivity contribution in [2.45, 2.75) is 13.8 Å². The van der Waals surface area contributed by atoms with Crippen molar-refractivity contribution in [2.75, 3.05) is 18.3 Å².